The molecule has 5 rings (SSSR count). The van der Waals surface area contributed by atoms with Crippen LogP contribution in [0.1, 0.15) is 39.1 Å². The van der Waals surface area contributed by atoms with E-state index in [9.17, 15) is 4.79 Å². The number of hydrogen-bond donors (Lipinski definition) is 0. The number of pyridine rings is 1. The van der Waals surface area contributed by atoms with Gasteiger partial charge < -0.3 is 18.9 Å². The van der Waals surface area contributed by atoms with Gasteiger partial charge in [0.1, 0.15) is 17.1 Å². The van der Waals surface area contributed by atoms with Gasteiger partial charge in [-0.25, -0.2) is 4.98 Å². The molecule has 0 radical (unpaired) electrons. The van der Waals surface area contributed by atoms with Crippen LogP contribution in [0.4, 0.5) is 0 Å². The number of hydrogen-bond acceptors (Lipinski definition) is 6. The third-order valence-corrected chi connectivity index (χ3v) is 6.26. The van der Waals surface area contributed by atoms with E-state index in [0.29, 0.717) is 42.7 Å². The summed E-state index contributed by atoms with van der Waals surface area (Å²) in [5, 5.41) is 3.98. The fourth-order valence-corrected chi connectivity index (χ4v) is 4.77. The predicted octanol–water partition coefficient (Wildman–Crippen LogP) is 3.90. The smallest absolute Gasteiger partial charge is 0.259 e. The third kappa shape index (κ3) is 3.44. The van der Waals surface area contributed by atoms with Crippen molar-refractivity contribution in [1.29, 1.82) is 0 Å². The van der Waals surface area contributed by atoms with Gasteiger partial charge in [-0.15, -0.1) is 0 Å². The van der Waals surface area contributed by atoms with Crippen LogP contribution in [0.2, 0.25) is 0 Å². The molecule has 7 nitrogen and oxygen atoms in total. The lowest BCUT2D eigenvalue weighted by molar-refractivity contribution is 0.0672. The maximum absolute atomic E-state index is 13.6. The quantitative estimate of drug-likeness (QED) is 0.638. The Labute approximate surface area is 181 Å². The van der Waals surface area contributed by atoms with E-state index in [-0.39, 0.29) is 23.8 Å². The lowest BCUT2D eigenvalue weighted by Gasteiger charge is -2.34. The Morgan fingerprint density at radius 2 is 2.00 bits per heavy atom. The second kappa shape index (κ2) is 7.72. The van der Waals surface area contributed by atoms with Crippen LogP contribution in [0.25, 0.3) is 0 Å². The lowest BCUT2D eigenvalue weighted by atomic mass is 9.85. The SMILES string of the molecule is Cc1cccc(OC[C@@H]2CN(C(=O)c3c(C)noc3C)[C@H]3c4ccccc4OC[C@@H]23)n1. The summed E-state index contributed by atoms with van der Waals surface area (Å²) < 4.78 is 17.4. The summed E-state index contributed by atoms with van der Waals surface area (Å²) in [7, 11) is 0. The van der Waals surface area contributed by atoms with Crippen LogP contribution < -0.4 is 9.47 Å². The van der Waals surface area contributed by atoms with E-state index in [1.165, 1.54) is 0 Å². The molecule has 0 aliphatic carbocycles. The number of likely N-dealkylation sites (tertiary alicyclic amines) is 1. The fourth-order valence-electron chi connectivity index (χ4n) is 4.77. The molecule has 1 amide bonds. The van der Waals surface area contributed by atoms with E-state index >= 15 is 0 Å². The second-order valence-corrected chi connectivity index (χ2v) is 8.30. The maximum Gasteiger partial charge on any atom is 0.259 e. The molecule has 3 aromatic rings. The van der Waals surface area contributed by atoms with Crippen molar-refractivity contribution in [2.24, 2.45) is 11.8 Å². The van der Waals surface area contributed by atoms with E-state index in [2.05, 4.69) is 10.1 Å². The first-order valence-electron chi connectivity index (χ1n) is 10.5. The summed E-state index contributed by atoms with van der Waals surface area (Å²) in [4.78, 5) is 20.0. The number of aromatic nitrogens is 2. The number of carbonyl (C=O) groups excluding carboxylic acids is 1. The Hall–Kier alpha value is -3.35. The zero-order valence-electron chi connectivity index (χ0n) is 17.9. The summed E-state index contributed by atoms with van der Waals surface area (Å²) in [6.45, 7) is 7.11. The van der Waals surface area contributed by atoms with Crippen molar-refractivity contribution in [3.05, 3.63) is 70.7 Å². The standard InChI is InChI=1S/C24H25N3O4/c1-14-7-6-10-21(25-14)30-12-17-11-27(24(28)22-15(2)26-31-16(22)3)23-18-8-4-5-9-20(18)29-13-19(17)23/h4-10,17,19,23H,11-13H2,1-3H3/t17-,19-,23-/m0/s1. The van der Waals surface area contributed by atoms with Crippen LogP contribution in [-0.4, -0.2) is 40.7 Å². The third-order valence-electron chi connectivity index (χ3n) is 6.26. The molecule has 1 saturated heterocycles. The average molecular weight is 419 g/mol. The van der Waals surface area contributed by atoms with Crippen molar-refractivity contribution in [2.75, 3.05) is 19.8 Å². The van der Waals surface area contributed by atoms with E-state index in [1.54, 1.807) is 13.8 Å². The zero-order chi connectivity index (χ0) is 21.5. The van der Waals surface area contributed by atoms with Crippen LogP contribution in [0.15, 0.2) is 47.0 Å². The number of aryl methyl sites for hydroxylation is 3. The predicted molar refractivity (Wildman–Crippen MR) is 113 cm³/mol. The minimum absolute atomic E-state index is 0.0564. The molecule has 1 aromatic carbocycles. The van der Waals surface area contributed by atoms with Gasteiger partial charge in [-0.2, -0.15) is 0 Å². The van der Waals surface area contributed by atoms with E-state index in [0.717, 1.165) is 17.0 Å². The Bertz CT molecular complexity index is 1110. The Morgan fingerprint density at radius 1 is 1.16 bits per heavy atom. The summed E-state index contributed by atoms with van der Waals surface area (Å²) in [5.41, 5.74) is 3.11. The number of fused-ring (bicyclic) bond motifs is 3. The number of rotatable bonds is 4. The van der Waals surface area contributed by atoms with Gasteiger partial charge in [-0.3, -0.25) is 4.79 Å². The monoisotopic (exact) mass is 419 g/mol. The molecule has 7 heteroatoms. The maximum atomic E-state index is 13.6. The molecule has 0 N–H and O–H groups in total. The highest BCUT2D eigenvalue weighted by Crippen LogP contribution is 2.48. The Morgan fingerprint density at radius 3 is 2.77 bits per heavy atom. The van der Waals surface area contributed by atoms with Gasteiger partial charge in [0.05, 0.1) is 24.9 Å². The normalized spacial score (nSPS) is 21.9. The van der Waals surface area contributed by atoms with Crippen molar-refractivity contribution in [1.82, 2.24) is 15.0 Å². The highest BCUT2D eigenvalue weighted by molar-refractivity contribution is 5.96. The molecule has 0 unspecified atom stereocenters. The zero-order valence-corrected chi connectivity index (χ0v) is 17.9. The molecule has 2 aromatic heterocycles. The second-order valence-electron chi connectivity index (χ2n) is 8.30. The molecule has 1 fully saturated rings. The Kier molecular flexibility index (Phi) is 4.88. The average Bonchev–Trinajstić information content (AvgIpc) is 3.32. The molecule has 0 spiro atoms. The highest BCUT2D eigenvalue weighted by Gasteiger charge is 2.49. The van der Waals surface area contributed by atoms with Crippen LogP contribution >= 0.6 is 0 Å². The van der Waals surface area contributed by atoms with E-state index in [4.69, 9.17) is 14.0 Å². The number of nitrogens with zero attached hydrogens (tertiary/aromatic N) is 3. The lowest BCUT2D eigenvalue weighted by Crippen LogP contribution is -2.36. The van der Waals surface area contributed by atoms with Gasteiger partial charge in [0.15, 0.2) is 0 Å². The molecule has 0 saturated carbocycles. The van der Waals surface area contributed by atoms with Crippen molar-refractivity contribution < 1.29 is 18.8 Å². The van der Waals surface area contributed by atoms with Gasteiger partial charge in [0, 0.05) is 35.7 Å². The van der Waals surface area contributed by atoms with Crippen molar-refractivity contribution in [2.45, 2.75) is 26.8 Å². The minimum atomic E-state index is -0.0785. The Balaban J connectivity index is 1.46. The van der Waals surface area contributed by atoms with Crippen molar-refractivity contribution in [3.63, 3.8) is 0 Å². The van der Waals surface area contributed by atoms with Crippen LogP contribution in [0.3, 0.4) is 0 Å². The summed E-state index contributed by atoms with van der Waals surface area (Å²) in [5.74, 6) is 2.17. The summed E-state index contributed by atoms with van der Waals surface area (Å²) in [6, 6.07) is 13.6. The molecule has 0 bridgehead atoms. The topological polar surface area (TPSA) is 77.7 Å². The molecule has 4 heterocycles. The fraction of sp³-hybridized carbons (Fsp3) is 0.375. The van der Waals surface area contributed by atoms with E-state index < -0.39 is 0 Å². The number of carbonyl (C=O) groups is 1. The van der Waals surface area contributed by atoms with Gasteiger partial charge in [-0.05, 0) is 32.9 Å². The van der Waals surface area contributed by atoms with E-state index in [1.807, 2.05) is 54.3 Å². The summed E-state index contributed by atoms with van der Waals surface area (Å²) >= 11 is 0. The van der Waals surface area contributed by atoms with Gasteiger partial charge in [0.2, 0.25) is 5.88 Å². The van der Waals surface area contributed by atoms with Gasteiger partial charge in [0.25, 0.3) is 5.91 Å². The first-order valence-corrected chi connectivity index (χ1v) is 10.5. The van der Waals surface area contributed by atoms with Crippen molar-refractivity contribution >= 4 is 5.91 Å². The van der Waals surface area contributed by atoms with Crippen LogP contribution in [-0.2, 0) is 0 Å². The van der Waals surface area contributed by atoms with Gasteiger partial charge in [-0.1, -0.05) is 29.4 Å². The first kappa shape index (κ1) is 19.6. The summed E-state index contributed by atoms with van der Waals surface area (Å²) in [6.07, 6.45) is 0. The molecule has 3 atom stereocenters. The number of amides is 1. The molecule has 31 heavy (non-hydrogen) atoms. The van der Waals surface area contributed by atoms with Crippen LogP contribution in [0, 0.1) is 32.6 Å². The molecule has 160 valence electrons. The van der Waals surface area contributed by atoms with Crippen LogP contribution in [0.5, 0.6) is 11.6 Å². The number of ether oxygens (including phenoxy) is 2. The van der Waals surface area contributed by atoms with Crippen molar-refractivity contribution in [3.8, 4) is 11.6 Å². The largest absolute Gasteiger partial charge is 0.493 e. The minimum Gasteiger partial charge on any atom is -0.493 e. The molecule has 2 aliphatic heterocycles. The molecular formula is C24H25N3O4. The molecule has 2 aliphatic rings. The first-order chi connectivity index (χ1) is 15.0. The van der Waals surface area contributed by atoms with Gasteiger partial charge >= 0.3 is 0 Å². The number of benzene rings is 1. The highest BCUT2D eigenvalue weighted by atomic mass is 16.5. The molecular weight excluding hydrogens is 394 g/mol. The number of para-hydroxylation sites is 1.